The van der Waals surface area contributed by atoms with Crippen LogP contribution in [-0.2, 0) is 13.7 Å². The summed E-state index contributed by atoms with van der Waals surface area (Å²) in [5.74, 6) is 1.09. The van der Waals surface area contributed by atoms with Crippen LogP contribution in [0.2, 0.25) is 0 Å². The number of pyridine rings is 1. The van der Waals surface area contributed by atoms with E-state index in [9.17, 15) is 4.79 Å². The summed E-state index contributed by atoms with van der Waals surface area (Å²) in [5, 5.41) is 14.3. The van der Waals surface area contributed by atoms with Crippen LogP contribution in [0.1, 0.15) is 15.9 Å². The van der Waals surface area contributed by atoms with E-state index < -0.39 is 0 Å². The topological polar surface area (TPSA) is 94.8 Å². The Balaban J connectivity index is 1.40. The van der Waals surface area contributed by atoms with Gasteiger partial charge in [0.25, 0.3) is 5.91 Å². The van der Waals surface area contributed by atoms with E-state index in [1.54, 1.807) is 48.4 Å². The molecule has 0 bridgehead atoms. The van der Waals surface area contributed by atoms with E-state index in [4.69, 9.17) is 4.74 Å². The molecule has 0 aliphatic carbocycles. The van der Waals surface area contributed by atoms with Gasteiger partial charge in [-0.15, -0.1) is 5.10 Å². The highest BCUT2D eigenvalue weighted by Gasteiger charge is 2.10. The molecule has 1 amide bonds. The van der Waals surface area contributed by atoms with Crippen molar-refractivity contribution in [2.24, 2.45) is 7.05 Å². The molecule has 0 aliphatic rings. The molecule has 144 valence electrons. The van der Waals surface area contributed by atoms with Gasteiger partial charge in [0.2, 0.25) is 0 Å². The van der Waals surface area contributed by atoms with Crippen LogP contribution in [0, 0.1) is 0 Å². The second-order valence-electron chi connectivity index (χ2n) is 6.34. The molecule has 29 heavy (non-hydrogen) atoms. The molecular formula is C21H18N6O2. The van der Waals surface area contributed by atoms with Crippen LogP contribution in [-0.4, -0.2) is 31.1 Å². The molecule has 0 unspecified atom stereocenters. The van der Waals surface area contributed by atoms with Crippen molar-refractivity contribution in [3.63, 3.8) is 0 Å². The summed E-state index contributed by atoms with van der Waals surface area (Å²) >= 11 is 0. The summed E-state index contributed by atoms with van der Waals surface area (Å²) in [4.78, 5) is 16.6. The molecule has 0 radical (unpaired) electrons. The van der Waals surface area contributed by atoms with Gasteiger partial charge in [-0.1, -0.05) is 18.2 Å². The molecule has 4 rings (SSSR count). The fourth-order valence-corrected chi connectivity index (χ4v) is 2.77. The third kappa shape index (κ3) is 4.44. The predicted octanol–water partition coefficient (Wildman–Crippen LogP) is 3.10. The van der Waals surface area contributed by atoms with Crippen LogP contribution in [0.25, 0.3) is 11.4 Å². The van der Waals surface area contributed by atoms with E-state index in [-0.39, 0.29) is 5.91 Å². The Morgan fingerprint density at radius 1 is 1.10 bits per heavy atom. The number of rotatable bonds is 6. The van der Waals surface area contributed by atoms with Crippen molar-refractivity contribution >= 4 is 11.6 Å². The first kappa shape index (κ1) is 18.3. The van der Waals surface area contributed by atoms with E-state index in [1.165, 1.54) is 0 Å². The zero-order valence-corrected chi connectivity index (χ0v) is 15.7. The summed E-state index contributed by atoms with van der Waals surface area (Å²) < 4.78 is 7.30. The molecule has 0 saturated carbocycles. The van der Waals surface area contributed by atoms with Crippen molar-refractivity contribution in [3.05, 3.63) is 84.2 Å². The third-order valence-corrected chi connectivity index (χ3v) is 4.24. The molecule has 0 atom stereocenters. The number of nitrogens with zero attached hydrogens (tertiary/aromatic N) is 5. The molecule has 0 aliphatic heterocycles. The molecule has 0 spiro atoms. The lowest BCUT2D eigenvalue weighted by Gasteiger charge is -2.09. The number of tetrazole rings is 1. The number of carbonyl (C=O) groups excluding carboxylic acids is 1. The highest BCUT2D eigenvalue weighted by Crippen LogP contribution is 2.21. The van der Waals surface area contributed by atoms with Gasteiger partial charge in [-0.05, 0) is 52.9 Å². The molecule has 8 nitrogen and oxygen atoms in total. The average molecular weight is 386 g/mol. The van der Waals surface area contributed by atoms with Gasteiger partial charge in [-0.2, -0.15) is 0 Å². The molecule has 8 heteroatoms. The van der Waals surface area contributed by atoms with Gasteiger partial charge >= 0.3 is 0 Å². The van der Waals surface area contributed by atoms with Crippen LogP contribution in [0.3, 0.4) is 0 Å². The average Bonchev–Trinajstić information content (AvgIpc) is 3.19. The fraction of sp³-hybridized carbons (Fsp3) is 0.0952. The number of hydrogen-bond donors (Lipinski definition) is 1. The second-order valence-corrected chi connectivity index (χ2v) is 6.34. The van der Waals surface area contributed by atoms with Gasteiger partial charge in [-0.3, -0.25) is 9.78 Å². The predicted molar refractivity (Wildman–Crippen MR) is 107 cm³/mol. The van der Waals surface area contributed by atoms with Crippen LogP contribution in [0.5, 0.6) is 5.75 Å². The first-order valence-corrected chi connectivity index (χ1v) is 8.95. The smallest absolute Gasteiger partial charge is 0.255 e. The van der Waals surface area contributed by atoms with E-state index in [0.717, 1.165) is 11.1 Å². The van der Waals surface area contributed by atoms with Gasteiger partial charge in [0, 0.05) is 41.8 Å². The normalized spacial score (nSPS) is 10.5. The van der Waals surface area contributed by atoms with Crippen molar-refractivity contribution in [1.82, 2.24) is 25.2 Å². The second kappa shape index (κ2) is 8.30. The minimum Gasteiger partial charge on any atom is -0.489 e. The van der Waals surface area contributed by atoms with Crippen molar-refractivity contribution in [3.8, 4) is 17.1 Å². The molecule has 2 aromatic carbocycles. The maximum absolute atomic E-state index is 12.6. The Morgan fingerprint density at radius 2 is 1.97 bits per heavy atom. The highest BCUT2D eigenvalue weighted by atomic mass is 16.5. The maximum Gasteiger partial charge on any atom is 0.255 e. The van der Waals surface area contributed by atoms with Crippen molar-refractivity contribution < 1.29 is 9.53 Å². The summed E-state index contributed by atoms with van der Waals surface area (Å²) in [6.07, 6.45) is 3.48. The van der Waals surface area contributed by atoms with Crippen molar-refractivity contribution in [2.75, 3.05) is 5.32 Å². The zero-order chi connectivity index (χ0) is 20.1. The van der Waals surface area contributed by atoms with Crippen molar-refractivity contribution in [2.45, 2.75) is 6.61 Å². The van der Waals surface area contributed by atoms with Gasteiger partial charge < -0.3 is 10.1 Å². The lowest BCUT2D eigenvalue weighted by molar-refractivity contribution is 0.102. The largest absolute Gasteiger partial charge is 0.489 e. The number of hydrogen-bond acceptors (Lipinski definition) is 6. The van der Waals surface area contributed by atoms with Gasteiger partial charge in [-0.25, -0.2) is 4.68 Å². The minimum absolute atomic E-state index is 0.211. The number of aryl methyl sites for hydroxylation is 1. The van der Waals surface area contributed by atoms with Crippen LogP contribution in [0.4, 0.5) is 5.69 Å². The zero-order valence-electron chi connectivity index (χ0n) is 15.7. The summed E-state index contributed by atoms with van der Waals surface area (Å²) in [6.45, 7) is 0.420. The quantitative estimate of drug-likeness (QED) is 0.547. The Morgan fingerprint density at radius 3 is 2.69 bits per heavy atom. The van der Waals surface area contributed by atoms with Crippen LogP contribution in [0.15, 0.2) is 73.1 Å². The number of benzene rings is 2. The van der Waals surface area contributed by atoms with E-state index in [2.05, 4.69) is 25.8 Å². The monoisotopic (exact) mass is 386 g/mol. The SMILES string of the molecule is Cn1nnnc1-c1cccc(NC(=O)c2ccc(OCc3cccnc3)cc2)c1. The molecule has 2 aromatic heterocycles. The first-order chi connectivity index (χ1) is 14.2. The number of nitrogens with one attached hydrogen (secondary N) is 1. The molecule has 0 fully saturated rings. The summed E-state index contributed by atoms with van der Waals surface area (Å²) in [5.41, 5.74) is 2.98. The van der Waals surface area contributed by atoms with Gasteiger partial charge in [0.05, 0.1) is 0 Å². The molecular weight excluding hydrogens is 368 g/mol. The summed E-state index contributed by atoms with van der Waals surface area (Å²) in [6, 6.07) is 18.2. The fourth-order valence-electron chi connectivity index (χ4n) is 2.77. The molecule has 4 aromatic rings. The van der Waals surface area contributed by atoms with E-state index in [1.807, 2.05) is 36.4 Å². The van der Waals surface area contributed by atoms with Crippen molar-refractivity contribution in [1.29, 1.82) is 0 Å². The lowest BCUT2D eigenvalue weighted by atomic mass is 10.1. The number of aromatic nitrogens is 5. The standard InChI is InChI=1S/C21H18N6O2/c1-27-20(24-25-26-27)17-5-2-6-18(12-17)23-21(28)16-7-9-19(10-8-16)29-14-15-4-3-11-22-13-15/h2-13H,14H2,1H3,(H,23,28). The number of amides is 1. The highest BCUT2D eigenvalue weighted by molar-refractivity contribution is 6.04. The minimum atomic E-state index is -0.211. The molecule has 2 heterocycles. The molecule has 1 N–H and O–H groups in total. The maximum atomic E-state index is 12.6. The molecule has 0 saturated heterocycles. The van der Waals surface area contributed by atoms with Crippen LogP contribution < -0.4 is 10.1 Å². The number of ether oxygens (including phenoxy) is 1. The lowest BCUT2D eigenvalue weighted by Crippen LogP contribution is -2.11. The number of carbonyl (C=O) groups is 1. The third-order valence-electron chi connectivity index (χ3n) is 4.24. The Bertz CT molecular complexity index is 1110. The number of anilines is 1. The first-order valence-electron chi connectivity index (χ1n) is 8.95. The Kier molecular flexibility index (Phi) is 5.24. The Labute approximate surface area is 167 Å². The van der Waals surface area contributed by atoms with Gasteiger partial charge in [0.1, 0.15) is 12.4 Å². The van der Waals surface area contributed by atoms with E-state index in [0.29, 0.717) is 29.4 Å². The van der Waals surface area contributed by atoms with E-state index >= 15 is 0 Å². The van der Waals surface area contributed by atoms with Gasteiger partial charge in [0.15, 0.2) is 5.82 Å². The Hall–Kier alpha value is -4.07. The summed E-state index contributed by atoms with van der Waals surface area (Å²) in [7, 11) is 1.76. The van der Waals surface area contributed by atoms with Crippen LogP contribution >= 0.6 is 0 Å².